The monoisotopic (exact) mass is 1910 g/mol. The van der Waals surface area contributed by atoms with Gasteiger partial charge in [-0.25, -0.2) is 0 Å². The number of hydrogen-bond acceptors (Lipinski definition) is 4. The Hall–Kier alpha value is -16.9. The fourth-order valence-electron chi connectivity index (χ4n) is 22.2. The van der Waals surface area contributed by atoms with Crippen LogP contribution in [0.3, 0.4) is 0 Å². The molecule has 722 valence electrons. The first-order chi connectivity index (χ1) is 71.6. The van der Waals surface area contributed by atoms with Gasteiger partial charge < -0.3 is 19.6 Å². The van der Waals surface area contributed by atoms with Crippen LogP contribution in [-0.2, 0) is 27.1 Å². The maximum Gasteiger partial charge on any atom is 0.0619 e. The van der Waals surface area contributed by atoms with Crippen molar-refractivity contribution in [1.29, 1.82) is 0 Å². The molecule has 0 bridgehead atoms. The van der Waals surface area contributed by atoms with Crippen molar-refractivity contribution in [1.82, 2.24) is 0 Å². The van der Waals surface area contributed by atoms with E-state index in [1.807, 2.05) is 0 Å². The summed E-state index contributed by atoms with van der Waals surface area (Å²) >= 11 is 0. The number of anilines is 12. The van der Waals surface area contributed by atoms with Crippen LogP contribution < -0.4 is 19.6 Å². The first-order valence-electron chi connectivity index (χ1n) is 52.2. The van der Waals surface area contributed by atoms with E-state index in [0.717, 1.165) is 79.1 Å². The van der Waals surface area contributed by atoms with E-state index < -0.39 is 0 Å². The van der Waals surface area contributed by atoms with Crippen LogP contribution in [0.1, 0.15) is 162 Å². The van der Waals surface area contributed by atoms with E-state index in [4.69, 9.17) is 0 Å². The molecule has 4 nitrogen and oxygen atoms in total. The zero-order valence-electron chi connectivity index (χ0n) is 87.6. The molecular weight excluding hydrogens is 1790 g/mol. The Bertz CT molecular complexity index is 8200. The Kier molecular flexibility index (Phi) is 25.4. The van der Waals surface area contributed by atoms with Gasteiger partial charge in [-0.05, 0) is 308 Å². The molecule has 0 saturated carbocycles. The van der Waals surface area contributed by atoms with Crippen molar-refractivity contribution in [2.75, 3.05) is 19.6 Å². The number of rotatable bonds is 18. The highest BCUT2D eigenvalue weighted by atomic mass is 15.2. The van der Waals surface area contributed by atoms with Gasteiger partial charge in [-0.3, -0.25) is 0 Å². The number of para-hydroxylation sites is 4. The van der Waals surface area contributed by atoms with E-state index in [1.165, 1.54) is 160 Å². The van der Waals surface area contributed by atoms with Crippen molar-refractivity contribution in [3.63, 3.8) is 0 Å². The third-order valence-electron chi connectivity index (χ3n) is 30.5. The van der Waals surface area contributed by atoms with Crippen molar-refractivity contribution < 1.29 is 0 Å². The Morgan fingerprint density at radius 2 is 0.453 bits per heavy atom. The molecule has 0 amide bonds. The highest BCUT2D eigenvalue weighted by Gasteiger charge is 2.39. The number of nitrogens with zero attached hydrogens (tertiary/aromatic N) is 4. The molecule has 0 fully saturated rings. The third-order valence-corrected chi connectivity index (χ3v) is 30.5. The number of fused-ring (bicyclic) bond motifs is 8. The summed E-state index contributed by atoms with van der Waals surface area (Å²) in [4.78, 5) is 9.46. The second-order valence-corrected chi connectivity index (χ2v) is 44.3. The van der Waals surface area contributed by atoms with Gasteiger partial charge in [0.1, 0.15) is 0 Å². The molecule has 0 aliphatic heterocycles. The van der Waals surface area contributed by atoms with Crippen LogP contribution in [0.2, 0.25) is 0 Å². The molecule has 4 heteroatoms. The molecule has 24 rings (SSSR count). The zero-order chi connectivity index (χ0) is 102. The minimum Gasteiger partial charge on any atom is -0.311 e. The standard InChI is InChI=1S/C50H42.C48H48N2.C46H36N2/c1-48(2,3)35-24-33-13-12-29-14-19-36(41-23-18-34(25-35)46(33)47(29)41)32-17-22-40-39-21-16-31(27-44(39)50(6,7)45(40)28-32)30-15-20-38-37-10-8-9-11-42(37)49(4,5)43(38)26-30;1-33-17-25-37(26-18-33)49(39-29-21-35(22-30-39)47(3,4)5)45-41-13-9-11-15-43(41)46(44-16-12-10-14-42(44)45)50(38-27-19-34(2)20-28-38)40-31-23-36(24-32-40)48(6,7)8;1-5-13-41(14-6-1)47(42-15-7-2-8-16-42)45-33-29-39(30-34-45)27-25-37-21-23-38(24-22-37)26-28-40-31-35-46(36-32-40)48(43-17-9-3-10-18-43)44-19-11-4-12-20-44/h8-28H,1-7H3;9-32H,1-8H3;1-36H/b;;27-25+,28-26+. The Labute approximate surface area is 874 Å². The lowest BCUT2D eigenvalue weighted by Crippen LogP contribution is -2.16. The van der Waals surface area contributed by atoms with Gasteiger partial charge in [-0.15, -0.1) is 0 Å². The Morgan fingerprint density at radius 3 is 0.818 bits per heavy atom. The smallest absolute Gasteiger partial charge is 0.0619 e. The normalized spacial score (nSPS) is 12.9. The largest absolute Gasteiger partial charge is 0.311 e. The van der Waals surface area contributed by atoms with Crippen molar-refractivity contribution in [3.05, 3.63) is 539 Å². The van der Waals surface area contributed by atoms with Crippen LogP contribution >= 0.6 is 0 Å². The lowest BCUT2D eigenvalue weighted by atomic mass is 9.79. The van der Waals surface area contributed by atoms with Gasteiger partial charge in [0.15, 0.2) is 0 Å². The molecule has 2 aliphatic rings. The average molecular weight is 1910 g/mol. The second-order valence-electron chi connectivity index (χ2n) is 44.3. The molecule has 148 heavy (non-hydrogen) atoms. The van der Waals surface area contributed by atoms with E-state index >= 15 is 0 Å². The van der Waals surface area contributed by atoms with Gasteiger partial charge in [-0.1, -0.05) is 453 Å². The van der Waals surface area contributed by atoms with Crippen molar-refractivity contribution in [2.24, 2.45) is 0 Å². The number of benzene rings is 22. The van der Waals surface area contributed by atoms with Gasteiger partial charge >= 0.3 is 0 Å². The minimum atomic E-state index is -0.115. The molecule has 2 aliphatic carbocycles. The van der Waals surface area contributed by atoms with Crippen molar-refractivity contribution in [2.45, 2.75) is 131 Å². The maximum atomic E-state index is 2.48. The summed E-state index contributed by atoms with van der Waals surface area (Å²) in [5.41, 5.74) is 41.3. The van der Waals surface area contributed by atoms with Gasteiger partial charge in [0.2, 0.25) is 0 Å². The van der Waals surface area contributed by atoms with Gasteiger partial charge in [0, 0.05) is 89.2 Å². The summed E-state index contributed by atoms with van der Waals surface area (Å²) in [7, 11) is 0. The summed E-state index contributed by atoms with van der Waals surface area (Å²) < 4.78 is 0. The summed E-state index contributed by atoms with van der Waals surface area (Å²) in [5.74, 6) is 0. The summed E-state index contributed by atoms with van der Waals surface area (Å²) in [6, 6.07) is 171. The van der Waals surface area contributed by atoms with Crippen molar-refractivity contribution in [3.8, 4) is 44.5 Å². The summed E-state index contributed by atoms with van der Waals surface area (Å²) in [6.45, 7) is 34.4. The molecule has 0 radical (unpaired) electrons. The fraction of sp³-hybridized carbons (Fsp3) is 0.139. The lowest BCUT2D eigenvalue weighted by molar-refractivity contribution is 0.590. The highest BCUT2D eigenvalue weighted by molar-refractivity contribution is 6.26. The molecule has 22 aromatic carbocycles. The predicted molar refractivity (Wildman–Crippen MR) is 639 cm³/mol. The van der Waals surface area contributed by atoms with Gasteiger partial charge in [-0.2, -0.15) is 0 Å². The molecule has 0 unspecified atom stereocenters. The highest BCUT2D eigenvalue weighted by Crippen LogP contribution is 2.57. The van der Waals surface area contributed by atoms with E-state index in [0.29, 0.717) is 0 Å². The Balaban J connectivity index is 0.000000126. The molecular formula is C144H126N4. The molecule has 0 spiro atoms. The van der Waals surface area contributed by atoms with Crippen LogP contribution in [-0.4, -0.2) is 0 Å². The van der Waals surface area contributed by atoms with Crippen LogP contribution in [0.4, 0.5) is 68.2 Å². The average Bonchev–Trinajstić information content (AvgIpc) is 1.42. The SMILES string of the molecule is C(=C\c1ccc(N(c2ccccc2)c2ccccc2)cc1)/c1ccc(/C=C/c2ccc(N(c3ccccc3)c3ccccc3)cc2)cc1.CC(C)(C)c1cc2ccc3ccc(-c4ccc5c(c4)C(C)(C)c4cc(-c6ccc7c(c6)C(C)(C)c6ccccc6-7)ccc4-5)c4ccc(c1)c2c34.Cc1ccc(N(c2ccc(C(C)(C)C)cc2)c2c3ccccc3c(N(c3ccc(C)cc3)c3ccc(C(C)(C)C)cc3)c3ccccc23)cc1. The van der Waals surface area contributed by atoms with Crippen LogP contribution in [0.25, 0.3) is 123 Å². The first kappa shape index (κ1) is 95.9. The molecule has 0 saturated heterocycles. The third kappa shape index (κ3) is 18.7. The van der Waals surface area contributed by atoms with Crippen molar-refractivity contribution >= 4 is 146 Å². The van der Waals surface area contributed by atoms with E-state index in [-0.39, 0.29) is 27.1 Å². The summed E-state index contributed by atoms with van der Waals surface area (Å²) in [5, 5.41) is 12.9. The van der Waals surface area contributed by atoms with E-state index in [1.54, 1.807) is 0 Å². The number of hydrogen-bond donors (Lipinski definition) is 0. The molecule has 0 atom stereocenters. The molecule has 22 aromatic rings. The van der Waals surface area contributed by atoms with Gasteiger partial charge in [0.25, 0.3) is 0 Å². The zero-order valence-corrected chi connectivity index (χ0v) is 87.6. The fourth-order valence-corrected chi connectivity index (χ4v) is 22.2. The first-order valence-corrected chi connectivity index (χ1v) is 52.2. The maximum absolute atomic E-state index is 2.48. The minimum absolute atomic E-state index is 0.00886. The summed E-state index contributed by atoms with van der Waals surface area (Å²) in [6.07, 6.45) is 8.66. The number of aryl methyl sites for hydroxylation is 2. The Morgan fingerprint density at radius 1 is 0.189 bits per heavy atom. The van der Waals surface area contributed by atoms with Crippen LogP contribution in [0.15, 0.2) is 467 Å². The topological polar surface area (TPSA) is 13.0 Å². The molecule has 0 heterocycles. The van der Waals surface area contributed by atoms with Crippen LogP contribution in [0, 0.1) is 13.8 Å². The predicted octanol–water partition coefficient (Wildman–Crippen LogP) is 40.9. The second kappa shape index (κ2) is 39.2. The lowest BCUT2D eigenvalue weighted by Gasteiger charge is -2.33. The molecule has 0 aromatic heterocycles. The van der Waals surface area contributed by atoms with Crippen LogP contribution in [0.5, 0.6) is 0 Å². The quantitative estimate of drug-likeness (QED) is 0.0367. The van der Waals surface area contributed by atoms with E-state index in [2.05, 4.69) is 615 Å². The molecule has 0 N–H and O–H groups in total. The van der Waals surface area contributed by atoms with Gasteiger partial charge in [0.05, 0.1) is 11.4 Å². The van der Waals surface area contributed by atoms with E-state index in [9.17, 15) is 0 Å².